The van der Waals surface area contributed by atoms with Gasteiger partial charge in [-0.15, -0.1) is 0 Å². The number of rotatable bonds is 3. The Kier molecular flexibility index (Phi) is 2.87. The highest BCUT2D eigenvalue weighted by Gasteiger charge is 2.17. The van der Waals surface area contributed by atoms with Crippen molar-refractivity contribution < 1.29 is 12.8 Å². The molecule has 3 rings (SSSR count). The number of anilines is 1. The number of nitrogens with one attached hydrogen (secondary N) is 2. The minimum Gasteiger partial charge on any atom is -0.261 e. The fourth-order valence-corrected chi connectivity index (χ4v) is 2.75. The molecule has 0 aliphatic heterocycles. The highest BCUT2D eigenvalue weighted by atomic mass is 32.2. The number of aromatic nitrogens is 3. The summed E-state index contributed by atoms with van der Waals surface area (Å²) in [6.07, 6.45) is 1.57. The van der Waals surface area contributed by atoms with Crippen molar-refractivity contribution in [2.24, 2.45) is 0 Å². The van der Waals surface area contributed by atoms with Gasteiger partial charge in [-0.25, -0.2) is 17.8 Å². The van der Waals surface area contributed by atoms with Gasteiger partial charge in [-0.1, -0.05) is 0 Å². The van der Waals surface area contributed by atoms with Crippen LogP contribution in [0.25, 0.3) is 11.0 Å². The second kappa shape index (κ2) is 4.57. The van der Waals surface area contributed by atoms with Gasteiger partial charge in [0, 0.05) is 6.20 Å². The summed E-state index contributed by atoms with van der Waals surface area (Å²) in [5.74, 6) is -0.351. The zero-order valence-electron chi connectivity index (χ0n) is 10.0. The summed E-state index contributed by atoms with van der Waals surface area (Å²) in [6.45, 7) is 0. The monoisotopic (exact) mass is 292 g/mol. The van der Waals surface area contributed by atoms with Crippen LogP contribution in [-0.2, 0) is 10.0 Å². The molecule has 1 aromatic carbocycles. The van der Waals surface area contributed by atoms with Gasteiger partial charge in [0.25, 0.3) is 10.0 Å². The van der Waals surface area contributed by atoms with Crippen molar-refractivity contribution in [3.63, 3.8) is 0 Å². The molecular weight excluding hydrogens is 283 g/mol. The Bertz CT molecular complexity index is 859. The van der Waals surface area contributed by atoms with E-state index in [0.29, 0.717) is 11.0 Å². The number of H-pyrrole nitrogens is 1. The van der Waals surface area contributed by atoms with Gasteiger partial charge in [0.15, 0.2) is 11.5 Å². The van der Waals surface area contributed by atoms with E-state index in [2.05, 4.69) is 19.9 Å². The molecule has 0 saturated heterocycles. The molecular formula is C12H9FN4O2S. The molecule has 20 heavy (non-hydrogen) atoms. The highest BCUT2D eigenvalue weighted by Crippen LogP contribution is 2.21. The molecule has 0 unspecified atom stereocenters. The predicted octanol–water partition coefficient (Wildman–Crippen LogP) is 1.90. The van der Waals surface area contributed by atoms with Gasteiger partial charge in [-0.05, 0) is 36.4 Å². The summed E-state index contributed by atoms with van der Waals surface area (Å²) >= 11 is 0. The van der Waals surface area contributed by atoms with Crippen LogP contribution in [0.1, 0.15) is 0 Å². The molecule has 0 aliphatic rings. The molecule has 3 aromatic rings. The van der Waals surface area contributed by atoms with Crippen LogP contribution in [0.15, 0.2) is 47.5 Å². The third kappa shape index (κ3) is 2.21. The van der Waals surface area contributed by atoms with Crippen LogP contribution >= 0.6 is 0 Å². The molecule has 0 spiro atoms. The van der Waals surface area contributed by atoms with E-state index in [-0.39, 0.29) is 10.7 Å². The first-order valence-electron chi connectivity index (χ1n) is 5.64. The molecule has 0 fully saturated rings. The zero-order chi connectivity index (χ0) is 14.2. The number of sulfonamides is 1. The van der Waals surface area contributed by atoms with E-state index in [4.69, 9.17) is 0 Å². The van der Waals surface area contributed by atoms with Gasteiger partial charge in [-0.3, -0.25) is 9.82 Å². The third-order valence-electron chi connectivity index (χ3n) is 2.69. The summed E-state index contributed by atoms with van der Waals surface area (Å²) < 4.78 is 39.5. The second-order valence-corrected chi connectivity index (χ2v) is 5.71. The Morgan fingerprint density at radius 1 is 1.15 bits per heavy atom. The lowest BCUT2D eigenvalue weighted by Crippen LogP contribution is -2.13. The maximum atomic E-state index is 12.8. The lowest BCUT2D eigenvalue weighted by molar-refractivity contribution is 0.599. The van der Waals surface area contributed by atoms with E-state index >= 15 is 0 Å². The number of hydrogen-bond donors (Lipinski definition) is 2. The first kappa shape index (κ1) is 12.5. The number of benzene rings is 1. The molecule has 102 valence electrons. The minimum atomic E-state index is -3.82. The van der Waals surface area contributed by atoms with Gasteiger partial charge >= 0.3 is 0 Å². The summed E-state index contributed by atoms with van der Waals surface area (Å²) in [4.78, 5) is 3.97. The average molecular weight is 292 g/mol. The van der Waals surface area contributed by atoms with Gasteiger partial charge in [0.1, 0.15) is 5.82 Å². The van der Waals surface area contributed by atoms with Crippen LogP contribution in [0.5, 0.6) is 0 Å². The maximum Gasteiger partial charge on any atom is 0.263 e. The highest BCUT2D eigenvalue weighted by molar-refractivity contribution is 7.92. The van der Waals surface area contributed by atoms with E-state index < -0.39 is 15.8 Å². The summed E-state index contributed by atoms with van der Waals surface area (Å²) in [5, 5.41) is 7.05. The van der Waals surface area contributed by atoms with E-state index in [1.54, 1.807) is 18.3 Å². The quantitative estimate of drug-likeness (QED) is 0.771. The lowest BCUT2D eigenvalue weighted by atomic mass is 10.3. The number of nitrogens with zero attached hydrogens (tertiary/aromatic N) is 2. The fraction of sp³-hybridized carbons (Fsp3) is 0. The van der Waals surface area contributed by atoms with E-state index in [9.17, 15) is 12.8 Å². The average Bonchev–Trinajstić information content (AvgIpc) is 2.82. The van der Waals surface area contributed by atoms with E-state index in [0.717, 1.165) is 12.1 Å². The number of aromatic amines is 1. The molecule has 2 N–H and O–H groups in total. The Balaban J connectivity index is 1.99. The molecule has 0 atom stereocenters. The number of hydrogen-bond acceptors (Lipinski definition) is 4. The molecule has 0 saturated carbocycles. The van der Waals surface area contributed by atoms with Gasteiger partial charge in [-0.2, -0.15) is 5.10 Å². The van der Waals surface area contributed by atoms with Gasteiger partial charge in [0.05, 0.1) is 10.3 Å². The second-order valence-electron chi connectivity index (χ2n) is 4.03. The molecule has 0 bridgehead atoms. The summed E-state index contributed by atoms with van der Waals surface area (Å²) in [7, 11) is -3.82. The Morgan fingerprint density at radius 2 is 1.90 bits per heavy atom. The van der Waals surface area contributed by atoms with Gasteiger partial charge in [0.2, 0.25) is 0 Å². The standard InChI is InChI=1S/C12H9FN4O2S/c13-8-3-5-9(6-4-8)20(18,19)17-12-10-2-1-7-14-11(10)15-16-12/h1-7H,(H2,14,15,16,17). The van der Waals surface area contributed by atoms with Crippen molar-refractivity contribution in [2.75, 3.05) is 4.72 Å². The van der Waals surface area contributed by atoms with Crippen LogP contribution in [0, 0.1) is 5.82 Å². The van der Waals surface area contributed by atoms with Crippen LogP contribution in [0.3, 0.4) is 0 Å². The number of fused-ring (bicyclic) bond motifs is 1. The first-order valence-corrected chi connectivity index (χ1v) is 7.12. The Hall–Kier alpha value is -2.48. The number of pyridine rings is 1. The third-order valence-corrected chi connectivity index (χ3v) is 4.05. The topological polar surface area (TPSA) is 87.7 Å². The molecule has 2 aromatic heterocycles. The van der Waals surface area contributed by atoms with E-state index in [1.165, 1.54) is 12.1 Å². The maximum absolute atomic E-state index is 12.8. The van der Waals surface area contributed by atoms with E-state index in [1.807, 2.05) is 0 Å². The van der Waals surface area contributed by atoms with Gasteiger partial charge < -0.3 is 0 Å². The molecule has 8 heteroatoms. The first-order chi connectivity index (χ1) is 9.56. The molecule has 2 heterocycles. The largest absolute Gasteiger partial charge is 0.263 e. The minimum absolute atomic E-state index is 0.0426. The van der Waals surface area contributed by atoms with Crippen LogP contribution in [0.4, 0.5) is 10.2 Å². The number of halogens is 1. The molecule has 0 amide bonds. The van der Waals surface area contributed by atoms with Crippen LogP contribution in [0.2, 0.25) is 0 Å². The smallest absolute Gasteiger partial charge is 0.261 e. The fourth-order valence-electron chi connectivity index (χ4n) is 1.73. The van der Waals surface area contributed by atoms with Crippen LogP contribution < -0.4 is 4.72 Å². The molecule has 0 radical (unpaired) electrons. The van der Waals surface area contributed by atoms with Crippen molar-refractivity contribution in [1.29, 1.82) is 0 Å². The summed E-state index contributed by atoms with van der Waals surface area (Å²) in [5.41, 5.74) is 0.476. The van der Waals surface area contributed by atoms with Crippen molar-refractivity contribution >= 4 is 26.9 Å². The van der Waals surface area contributed by atoms with Crippen molar-refractivity contribution in [3.05, 3.63) is 48.4 Å². The van der Waals surface area contributed by atoms with Crippen molar-refractivity contribution in [1.82, 2.24) is 15.2 Å². The van der Waals surface area contributed by atoms with Crippen molar-refractivity contribution in [2.45, 2.75) is 4.90 Å². The van der Waals surface area contributed by atoms with Crippen molar-refractivity contribution in [3.8, 4) is 0 Å². The molecule has 6 nitrogen and oxygen atoms in total. The summed E-state index contributed by atoms with van der Waals surface area (Å²) in [6, 6.07) is 7.90. The Morgan fingerprint density at radius 3 is 2.65 bits per heavy atom. The Labute approximate surface area is 113 Å². The predicted molar refractivity (Wildman–Crippen MR) is 71.1 cm³/mol. The lowest BCUT2D eigenvalue weighted by Gasteiger charge is -2.05. The normalized spacial score (nSPS) is 11.7. The molecule has 0 aliphatic carbocycles. The zero-order valence-corrected chi connectivity index (χ0v) is 10.9. The SMILES string of the molecule is O=S(=O)(Nc1n[nH]c2ncccc12)c1ccc(F)cc1. The van der Waals surface area contributed by atoms with Crippen LogP contribution in [-0.4, -0.2) is 23.6 Å².